The molecule has 1 aliphatic carbocycles. The van der Waals surface area contributed by atoms with Crippen molar-refractivity contribution in [3.8, 4) is 5.75 Å². The third-order valence-electron chi connectivity index (χ3n) is 3.33. The molecule has 2 nitrogen and oxygen atoms in total. The monoisotopic (exact) mass is 219 g/mol. The van der Waals surface area contributed by atoms with Gasteiger partial charge < -0.3 is 10.5 Å². The quantitative estimate of drug-likeness (QED) is 0.844. The molecule has 0 amide bonds. The Labute approximate surface area is 97.8 Å². The minimum absolute atomic E-state index is 0.124. The molecule has 1 atom stereocenters. The van der Waals surface area contributed by atoms with Gasteiger partial charge in [0, 0.05) is 6.54 Å². The van der Waals surface area contributed by atoms with Gasteiger partial charge in [0.1, 0.15) is 11.9 Å². The van der Waals surface area contributed by atoms with Gasteiger partial charge in [0.05, 0.1) is 0 Å². The average Bonchev–Trinajstić information content (AvgIpc) is 2.72. The molecule has 0 fully saturated rings. The molecule has 2 rings (SSSR count). The number of ether oxygens (including phenoxy) is 1. The minimum atomic E-state index is 0.124. The number of fused-ring (bicyclic) bond motifs is 1. The lowest BCUT2D eigenvalue weighted by Gasteiger charge is -2.21. The number of hydrogen-bond donors (Lipinski definition) is 1. The van der Waals surface area contributed by atoms with Gasteiger partial charge in [-0.05, 0) is 48.4 Å². The Morgan fingerprint density at radius 2 is 2.00 bits per heavy atom. The molecule has 2 heteroatoms. The molecule has 1 aromatic carbocycles. The van der Waals surface area contributed by atoms with Crippen molar-refractivity contribution in [1.82, 2.24) is 0 Å². The third kappa shape index (κ3) is 2.38. The first-order valence-corrected chi connectivity index (χ1v) is 6.19. The lowest BCUT2D eigenvalue weighted by molar-refractivity contribution is 0.159. The summed E-state index contributed by atoms with van der Waals surface area (Å²) in [5, 5.41) is 0. The summed E-state index contributed by atoms with van der Waals surface area (Å²) in [6.45, 7) is 4.87. The fourth-order valence-corrected chi connectivity index (χ4v) is 2.25. The molecule has 0 aliphatic heterocycles. The van der Waals surface area contributed by atoms with Crippen LogP contribution in [-0.2, 0) is 12.8 Å². The first-order chi connectivity index (χ1) is 7.70. The van der Waals surface area contributed by atoms with E-state index in [9.17, 15) is 0 Å². The Balaban J connectivity index is 2.10. The van der Waals surface area contributed by atoms with E-state index in [0.717, 1.165) is 5.75 Å². The van der Waals surface area contributed by atoms with Gasteiger partial charge in [-0.1, -0.05) is 19.9 Å². The second kappa shape index (κ2) is 4.88. The fourth-order valence-electron chi connectivity index (χ4n) is 2.25. The zero-order chi connectivity index (χ0) is 11.5. The van der Waals surface area contributed by atoms with Gasteiger partial charge in [-0.3, -0.25) is 0 Å². The molecule has 0 aromatic heterocycles. The van der Waals surface area contributed by atoms with Crippen LogP contribution in [0.1, 0.15) is 31.4 Å². The Kier molecular flexibility index (Phi) is 3.49. The molecule has 0 bridgehead atoms. The predicted octanol–water partition coefficient (Wildman–Crippen LogP) is 2.54. The number of aryl methyl sites for hydroxylation is 2. The predicted molar refractivity (Wildman–Crippen MR) is 66.8 cm³/mol. The van der Waals surface area contributed by atoms with E-state index in [1.165, 1.54) is 30.4 Å². The molecular weight excluding hydrogens is 198 g/mol. The highest BCUT2D eigenvalue weighted by atomic mass is 16.5. The summed E-state index contributed by atoms with van der Waals surface area (Å²) < 4.78 is 5.93. The number of benzene rings is 1. The highest BCUT2D eigenvalue weighted by Crippen LogP contribution is 2.27. The van der Waals surface area contributed by atoms with Crippen LogP contribution in [0.5, 0.6) is 5.75 Å². The van der Waals surface area contributed by atoms with Gasteiger partial charge in [0.25, 0.3) is 0 Å². The SMILES string of the molecule is CC(C)C(CN)Oc1ccc2c(c1)CCC2. The first kappa shape index (κ1) is 11.5. The van der Waals surface area contributed by atoms with Gasteiger partial charge in [-0.15, -0.1) is 0 Å². The molecule has 1 aliphatic rings. The van der Waals surface area contributed by atoms with Crippen molar-refractivity contribution < 1.29 is 4.74 Å². The molecule has 0 spiro atoms. The zero-order valence-corrected chi connectivity index (χ0v) is 10.2. The zero-order valence-electron chi connectivity index (χ0n) is 10.2. The molecule has 0 radical (unpaired) electrons. The van der Waals surface area contributed by atoms with Gasteiger partial charge >= 0.3 is 0 Å². The topological polar surface area (TPSA) is 35.2 Å². The van der Waals surface area contributed by atoms with Crippen LogP contribution in [0.15, 0.2) is 18.2 Å². The van der Waals surface area contributed by atoms with Gasteiger partial charge in [-0.25, -0.2) is 0 Å². The van der Waals surface area contributed by atoms with Gasteiger partial charge in [0.2, 0.25) is 0 Å². The summed E-state index contributed by atoms with van der Waals surface area (Å²) in [4.78, 5) is 0. The van der Waals surface area contributed by atoms with Crippen molar-refractivity contribution in [3.05, 3.63) is 29.3 Å². The molecule has 0 saturated heterocycles. The van der Waals surface area contributed by atoms with E-state index >= 15 is 0 Å². The molecule has 2 N–H and O–H groups in total. The molecule has 1 aromatic rings. The van der Waals surface area contributed by atoms with Crippen molar-refractivity contribution in [1.29, 1.82) is 0 Å². The van der Waals surface area contributed by atoms with Crippen LogP contribution in [0.4, 0.5) is 0 Å². The van der Waals surface area contributed by atoms with Crippen molar-refractivity contribution in [2.75, 3.05) is 6.54 Å². The van der Waals surface area contributed by atoms with Crippen molar-refractivity contribution in [2.45, 2.75) is 39.2 Å². The Bertz CT molecular complexity index is 360. The molecule has 16 heavy (non-hydrogen) atoms. The van der Waals surface area contributed by atoms with Crippen LogP contribution in [0.2, 0.25) is 0 Å². The van der Waals surface area contributed by atoms with Gasteiger partial charge in [0.15, 0.2) is 0 Å². The van der Waals surface area contributed by atoms with Gasteiger partial charge in [-0.2, -0.15) is 0 Å². The van der Waals surface area contributed by atoms with Crippen LogP contribution in [0, 0.1) is 5.92 Å². The Morgan fingerprint density at radius 1 is 1.25 bits per heavy atom. The first-order valence-electron chi connectivity index (χ1n) is 6.19. The molecule has 88 valence electrons. The fraction of sp³-hybridized carbons (Fsp3) is 0.571. The molecule has 0 saturated carbocycles. The van der Waals surface area contributed by atoms with Crippen LogP contribution in [0.3, 0.4) is 0 Å². The number of nitrogens with two attached hydrogens (primary N) is 1. The summed E-state index contributed by atoms with van der Waals surface area (Å²) in [5.41, 5.74) is 8.65. The smallest absolute Gasteiger partial charge is 0.120 e. The maximum atomic E-state index is 5.93. The molecular formula is C14H21NO. The van der Waals surface area contributed by atoms with Crippen LogP contribution >= 0.6 is 0 Å². The summed E-state index contributed by atoms with van der Waals surface area (Å²) in [7, 11) is 0. The van der Waals surface area contributed by atoms with Crippen molar-refractivity contribution in [3.63, 3.8) is 0 Å². The molecule has 1 unspecified atom stereocenters. The lowest BCUT2D eigenvalue weighted by atomic mass is 10.1. The maximum absolute atomic E-state index is 5.93. The lowest BCUT2D eigenvalue weighted by Crippen LogP contribution is -2.31. The van der Waals surface area contributed by atoms with Crippen LogP contribution in [0.25, 0.3) is 0 Å². The summed E-state index contributed by atoms with van der Waals surface area (Å²) in [5.74, 6) is 1.43. The van der Waals surface area contributed by atoms with Crippen molar-refractivity contribution in [2.24, 2.45) is 11.7 Å². The summed E-state index contributed by atoms with van der Waals surface area (Å²) in [6, 6.07) is 6.47. The van der Waals surface area contributed by atoms with E-state index in [2.05, 4.69) is 32.0 Å². The van der Waals surface area contributed by atoms with E-state index in [-0.39, 0.29) is 6.10 Å². The largest absolute Gasteiger partial charge is 0.489 e. The van der Waals surface area contributed by atoms with Crippen LogP contribution < -0.4 is 10.5 Å². The van der Waals surface area contributed by atoms with E-state index in [1.807, 2.05) is 0 Å². The minimum Gasteiger partial charge on any atom is -0.489 e. The maximum Gasteiger partial charge on any atom is 0.120 e. The van der Waals surface area contributed by atoms with E-state index < -0.39 is 0 Å². The van der Waals surface area contributed by atoms with E-state index in [0.29, 0.717) is 12.5 Å². The Hall–Kier alpha value is -1.02. The van der Waals surface area contributed by atoms with Crippen molar-refractivity contribution >= 4 is 0 Å². The normalized spacial score (nSPS) is 16.2. The second-order valence-electron chi connectivity index (χ2n) is 4.92. The standard InChI is InChI=1S/C14H21NO/c1-10(2)14(9-15)16-13-7-6-11-4-3-5-12(11)8-13/h6-8,10,14H,3-5,9,15H2,1-2H3. The number of hydrogen-bond acceptors (Lipinski definition) is 2. The third-order valence-corrected chi connectivity index (χ3v) is 3.33. The number of rotatable bonds is 4. The van der Waals surface area contributed by atoms with Crippen LogP contribution in [-0.4, -0.2) is 12.6 Å². The highest BCUT2D eigenvalue weighted by molar-refractivity contribution is 5.38. The van der Waals surface area contributed by atoms with E-state index in [1.54, 1.807) is 0 Å². The van der Waals surface area contributed by atoms with E-state index in [4.69, 9.17) is 10.5 Å². The average molecular weight is 219 g/mol. The summed E-state index contributed by atoms with van der Waals surface area (Å²) >= 11 is 0. The second-order valence-corrected chi connectivity index (χ2v) is 4.92. The summed E-state index contributed by atoms with van der Waals surface area (Å²) in [6.07, 6.45) is 3.82. The highest BCUT2D eigenvalue weighted by Gasteiger charge is 2.15. The molecule has 0 heterocycles. The Morgan fingerprint density at radius 3 is 2.69 bits per heavy atom.